The lowest BCUT2D eigenvalue weighted by Gasteiger charge is -2.37. The highest BCUT2D eigenvalue weighted by Crippen LogP contribution is 2.35. The van der Waals surface area contributed by atoms with Crippen LogP contribution in [0.3, 0.4) is 0 Å². The molecule has 1 aliphatic heterocycles. The minimum atomic E-state index is -1.08. The molecule has 0 aromatic rings. The van der Waals surface area contributed by atoms with Crippen LogP contribution in [0.2, 0.25) is 0 Å². The topological polar surface area (TPSA) is 151 Å². The summed E-state index contributed by atoms with van der Waals surface area (Å²) in [4.78, 5) is 65.9. The zero-order valence-electron chi connectivity index (χ0n) is 23.8. The number of primary amides is 1. The Balaban J connectivity index is 2.32. The Bertz CT molecular complexity index is 885. The van der Waals surface area contributed by atoms with Gasteiger partial charge in [0.25, 0.3) is 5.91 Å². The minimum absolute atomic E-state index is 0.113. The summed E-state index contributed by atoms with van der Waals surface area (Å²) >= 11 is 0. The Kier molecular flexibility index (Phi) is 9.76. The first kappa shape index (κ1) is 30.6. The molecule has 4 atom stereocenters. The molecule has 5 N–H and O–H groups in total. The van der Waals surface area contributed by atoms with Gasteiger partial charge in [-0.15, -0.1) is 0 Å². The van der Waals surface area contributed by atoms with Crippen molar-refractivity contribution < 1.29 is 24.0 Å². The first-order valence-corrected chi connectivity index (χ1v) is 13.4. The van der Waals surface area contributed by atoms with Gasteiger partial charge < -0.3 is 26.6 Å². The average molecular weight is 522 g/mol. The molecule has 2 fully saturated rings. The third-order valence-electron chi connectivity index (χ3n) is 6.87. The zero-order valence-corrected chi connectivity index (χ0v) is 23.8. The number of hydrogen-bond acceptors (Lipinski definition) is 5. The number of nitrogens with zero attached hydrogens (tertiary/aromatic N) is 1. The van der Waals surface area contributed by atoms with E-state index in [2.05, 4.69) is 29.8 Å². The molecule has 1 heterocycles. The molecule has 1 saturated carbocycles. The van der Waals surface area contributed by atoms with E-state index >= 15 is 0 Å². The van der Waals surface area contributed by atoms with Gasteiger partial charge in [-0.3, -0.25) is 19.2 Å². The highest BCUT2D eigenvalue weighted by molar-refractivity contribution is 6.37. The largest absolute Gasteiger partial charge is 0.363 e. The molecular weight excluding hydrogens is 474 g/mol. The van der Waals surface area contributed by atoms with E-state index in [-0.39, 0.29) is 17.7 Å². The summed E-state index contributed by atoms with van der Waals surface area (Å²) in [7, 11) is 0. The Labute approximate surface area is 221 Å². The maximum Gasteiger partial charge on any atom is 0.315 e. The Hall–Kier alpha value is -2.65. The van der Waals surface area contributed by atoms with Crippen LogP contribution in [-0.4, -0.2) is 64.6 Å². The third-order valence-corrected chi connectivity index (χ3v) is 6.87. The van der Waals surface area contributed by atoms with Gasteiger partial charge in [0.05, 0.1) is 6.04 Å². The molecule has 5 amide bonds. The number of ketones is 1. The van der Waals surface area contributed by atoms with Gasteiger partial charge in [0.2, 0.25) is 17.6 Å². The lowest BCUT2D eigenvalue weighted by molar-refractivity contribution is -0.144. The maximum atomic E-state index is 13.9. The second-order valence-corrected chi connectivity index (χ2v) is 13.3. The van der Waals surface area contributed by atoms with E-state index in [1.807, 2.05) is 41.5 Å². The van der Waals surface area contributed by atoms with Crippen LogP contribution in [0.1, 0.15) is 87.5 Å². The first-order chi connectivity index (χ1) is 16.9. The molecule has 0 aromatic heterocycles. The fraction of sp³-hybridized carbons (Fsp3) is 0.815. The lowest BCUT2D eigenvalue weighted by atomic mass is 9.85. The molecule has 10 nitrogen and oxygen atoms in total. The summed E-state index contributed by atoms with van der Waals surface area (Å²) in [6.07, 6.45) is 3.60. The summed E-state index contributed by atoms with van der Waals surface area (Å²) < 4.78 is 0. The van der Waals surface area contributed by atoms with E-state index in [0.29, 0.717) is 25.3 Å². The summed E-state index contributed by atoms with van der Waals surface area (Å²) in [5.74, 6) is -2.24. The predicted octanol–water partition coefficient (Wildman–Crippen LogP) is 2.10. The van der Waals surface area contributed by atoms with Crippen molar-refractivity contribution in [3.8, 4) is 0 Å². The molecule has 1 aliphatic carbocycles. The molecule has 210 valence electrons. The van der Waals surface area contributed by atoms with Crippen LogP contribution in [0.25, 0.3) is 0 Å². The molecule has 2 rings (SSSR count). The number of amides is 5. The maximum absolute atomic E-state index is 13.9. The smallest absolute Gasteiger partial charge is 0.315 e. The predicted molar refractivity (Wildman–Crippen MR) is 141 cm³/mol. The van der Waals surface area contributed by atoms with E-state index in [9.17, 15) is 24.0 Å². The van der Waals surface area contributed by atoms with Crippen LogP contribution in [0.4, 0.5) is 4.79 Å². The van der Waals surface area contributed by atoms with E-state index in [0.717, 1.165) is 19.3 Å². The van der Waals surface area contributed by atoms with Crippen molar-refractivity contribution in [2.24, 2.45) is 28.9 Å². The standard InChI is InChI=1S/C27H47N5O5/c1-15(2)13-17-11-12-32(24(36)21(26(3,4)5)30-25(37)31-27(6,7)8)19(17)23(35)29-18(14-16-9-10-16)20(33)22(28)34/h15-19,21H,9-14H2,1-8H3,(H2,28,34)(H,29,35)(H2,30,31,37). The van der Waals surface area contributed by atoms with Crippen LogP contribution in [0, 0.1) is 23.2 Å². The number of nitrogens with two attached hydrogens (primary N) is 1. The summed E-state index contributed by atoms with van der Waals surface area (Å²) in [6, 6.07) is -3.15. The SMILES string of the molecule is CC(C)CC1CCN(C(=O)C(NC(=O)NC(C)(C)C)C(C)(C)C)C1C(=O)NC(CC1CC1)C(=O)C(N)=O. The number of urea groups is 1. The first-order valence-electron chi connectivity index (χ1n) is 13.4. The fourth-order valence-corrected chi connectivity index (χ4v) is 4.98. The molecule has 37 heavy (non-hydrogen) atoms. The molecule has 0 aromatic carbocycles. The monoisotopic (exact) mass is 521 g/mol. The minimum Gasteiger partial charge on any atom is -0.363 e. The number of hydrogen-bond donors (Lipinski definition) is 4. The van der Waals surface area contributed by atoms with E-state index in [4.69, 9.17) is 5.73 Å². The van der Waals surface area contributed by atoms with Gasteiger partial charge in [0.1, 0.15) is 12.1 Å². The molecular formula is C27H47N5O5. The normalized spacial score (nSPS) is 21.8. The van der Waals surface area contributed by atoms with Crippen LogP contribution in [0.5, 0.6) is 0 Å². The van der Waals surface area contributed by atoms with Gasteiger partial charge in [-0.25, -0.2) is 4.79 Å². The molecule has 0 bridgehead atoms. The zero-order chi connectivity index (χ0) is 28.3. The van der Waals surface area contributed by atoms with Crippen LogP contribution < -0.4 is 21.7 Å². The number of nitrogens with one attached hydrogen (secondary N) is 3. The number of carbonyl (C=O) groups is 5. The Morgan fingerprint density at radius 2 is 1.51 bits per heavy atom. The van der Waals surface area contributed by atoms with Crippen molar-refractivity contribution in [2.75, 3.05) is 6.54 Å². The average Bonchev–Trinajstić information content (AvgIpc) is 3.45. The summed E-state index contributed by atoms with van der Waals surface area (Å²) in [5.41, 5.74) is 4.14. The van der Waals surface area contributed by atoms with E-state index in [1.165, 1.54) is 0 Å². The van der Waals surface area contributed by atoms with E-state index in [1.54, 1.807) is 4.90 Å². The third kappa shape index (κ3) is 9.00. The highest BCUT2D eigenvalue weighted by atomic mass is 16.2. The molecule has 10 heteroatoms. The Morgan fingerprint density at radius 3 is 1.97 bits per heavy atom. The second-order valence-electron chi connectivity index (χ2n) is 13.3. The highest BCUT2D eigenvalue weighted by Gasteiger charge is 2.47. The van der Waals surface area contributed by atoms with Crippen LogP contribution >= 0.6 is 0 Å². The van der Waals surface area contributed by atoms with Gasteiger partial charge in [0.15, 0.2) is 0 Å². The summed E-state index contributed by atoms with van der Waals surface area (Å²) in [6.45, 7) is 15.6. The number of Topliss-reactive ketones (excluding diaryl/α,β-unsaturated/α-hetero) is 1. The van der Waals surface area contributed by atoms with Crippen molar-refractivity contribution >= 4 is 29.5 Å². The van der Waals surface area contributed by atoms with Crippen molar-refractivity contribution in [3.05, 3.63) is 0 Å². The molecule has 0 radical (unpaired) electrons. The Morgan fingerprint density at radius 1 is 0.919 bits per heavy atom. The van der Waals surface area contributed by atoms with Crippen molar-refractivity contribution in [1.29, 1.82) is 0 Å². The van der Waals surface area contributed by atoms with Gasteiger partial charge in [-0.1, -0.05) is 47.5 Å². The molecule has 4 unspecified atom stereocenters. The van der Waals surface area contributed by atoms with Crippen LogP contribution in [0.15, 0.2) is 0 Å². The van der Waals surface area contributed by atoms with Gasteiger partial charge in [-0.05, 0) is 63.2 Å². The van der Waals surface area contributed by atoms with Crippen molar-refractivity contribution in [2.45, 2.75) is 111 Å². The quantitative estimate of drug-likeness (QED) is 0.325. The van der Waals surface area contributed by atoms with Crippen molar-refractivity contribution in [3.63, 3.8) is 0 Å². The molecule has 1 saturated heterocycles. The number of carbonyl (C=O) groups excluding carboxylic acids is 5. The van der Waals surface area contributed by atoms with Gasteiger partial charge >= 0.3 is 6.03 Å². The number of likely N-dealkylation sites (tertiary alicyclic amines) is 1. The molecule has 0 spiro atoms. The molecule has 2 aliphatic rings. The van der Waals surface area contributed by atoms with E-state index < -0.39 is 52.7 Å². The number of rotatable bonds is 10. The summed E-state index contributed by atoms with van der Waals surface area (Å²) in [5, 5.41) is 8.42. The van der Waals surface area contributed by atoms with Gasteiger partial charge in [-0.2, -0.15) is 0 Å². The van der Waals surface area contributed by atoms with Gasteiger partial charge in [0, 0.05) is 12.1 Å². The fourth-order valence-electron chi connectivity index (χ4n) is 4.98. The van der Waals surface area contributed by atoms with Crippen LogP contribution in [-0.2, 0) is 19.2 Å². The van der Waals surface area contributed by atoms with Crippen molar-refractivity contribution in [1.82, 2.24) is 20.9 Å². The lowest BCUT2D eigenvalue weighted by Crippen LogP contribution is -2.61. The second kappa shape index (κ2) is 11.8.